The van der Waals surface area contributed by atoms with Gasteiger partial charge in [-0.15, -0.1) is 0 Å². The molecule has 2 aromatic rings. The molecule has 0 saturated heterocycles. The number of esters is 1. The van der Waals surface area contributed by atoms with Crippen LogP contribution in [0.5, 0.6) is 0 Å². The minimum atomic E-state index is -0.321. The Labute approximate surface area is 117 Å². The Balaban J connectivity index is 2.02. The molecule has 0 spiro atoms. The lowest BCUT2D eigenvalue weighted by atomic mass is 9.98. The second kappa shape index (κ2) is 5.04. The van der Waals surface area contributed by atoms with Crippen LogP contribution in [-0.4, -0.2) is 23.0 Å². The van der Waals surface area contributed by atoms with Crippen LogP contribution in [0.2, 0.25) is 0 Å². The van der Waals surface area contributed by atoms with Gasteiger partial charge < -0.3 is 4.74 Å². The van der Waals surface area contributed by atoms with E-state index in [9.17, 15) is 4.79 Å². The molecule has 3 rings (SSSR count). The van der Waals surface area contributed by atoms with Crippen molar-refractivity contribution in [3.8, 4) is 11.3 Å². The van der Waals surface area contributed by atoms with Gasteiger partial charge in [-0.1, -0.05) is 19.1 Å². The maximum Gasteiger partial charge on any atom is 0.337 e. The Morgan fingerprint density at radius 2 is 2.00 bits per heavy atom. The molecule has 0 amide bonds. The number of nitrogens with zero attached hydrogens (tertiary/aromatic N) is 2. The number of carbonyl (C=O) groups is 1. The lowest BCUT2D eigenvalue weighted by Gasteiger charge is -2.10. The number of rotatable bonds is 2. The summed E-state index contributed by atoms with van der Waals surface area (Å²) in [7, 11) is 1.38. The van der Waals surface area contributed by atoms with E-state index in [0.29, 0.717) is 11.5 Å². The molecule has 20 heavy (non-hydrogen) atoms. The number of aryl methyl sites for hydroxylation is 1. The van der Waals surface area contributed by atoms with Crippen molar-refractivity contribution in [2.45, 2.75) is 25.7 Å². The molecule has 0 bridgehead atoms. The minimum Gasteiger partial charge on any atom is -0.465 e. The molecule has 4 nitrogen and oxygen atoms in total. The summed E-state index contributed by atoms with van der Waals surface area (Å²) < 4.78 is 4.71. The summed E-state index contributed by atoms with van der Waals surface area (Å²) in [6, 6.07) is 7.38. The molecule has 0 aliphatic heterocycles. The molecule has 102 valence electrons. The first-order chi connectivity index (χ1) is 9.70. The van der Waals surface area contributed by atoms with E-state index in [4.69, 9.17) is 4.74 Å². The van der Waals surface area contributed by atoms with Gasteiger partial charge >= 0.3 is 5.97 Å². The summed E-state index contributed by atoms with van der Waals surface area (Å²) in [5.74, 6) is 0.166. The summed E-state index contributed by atoms with van der Waals surface area (Å²) >= 11 is 0. The van der Waals surface area contributed by atoms with Crippen molar-refractivity contribution in [2.75, 3.05) is 7.11 Å². The van der Waals surface area contributed by atoms with Crippen molar-refractivity contribution in [1.29, 1.82) is 0 Å². The van der Waals surface area contributed by atoms with Crippen LogP contribution in [0.15, 0.2) is 30.6 Å². The molecule has 0 N–H and O–H groups in total. The summed E-state index contributed by atoms with van der Waals surface area (Å²) in [4.78, 5) is 20.3. The quantitative estimate of drug-likeness (QED) is 0.786. The largest absolute Gasteiger partial charge is 0.465 e. The number of methoxy groups -OCH3 is 1. The number of carbonyl (C=O) groups excluding carboxylic acids is 1. The number of benzene rings is 1. The summed E-state index contributed by atoms with van der Waals surface area (Å²) in [6.07, 6.45) is 3.77. The lowest BCUT2D eigenvalue weighted by molar-refractivity contribution is 0.0601. The van der Waals surface area contributed by atoms with Gasteiger partial charge in [-0.05, 0) is 30.9 Å². The van der Waals surface area contributed by atoms with Crippen molar-refractivity contribution in [2.24, 2.45) is 0 Å². The lowest BCUT2D eigenvalue weighted by Crippen LogP contribution is -2.01. The molecular weight excluding hydrogens is 252 g/mol. The van der Waals surface area contributed by atoms with Gasteiger partial charge in [0.25, 0.3) is 0 Å². The molecular formula is C16H16N2O2. The van der Waals surface area contributed by atoms with E-state index in [0.717, 1.165) is 29.8 Å². The number of aromatic nitrogens is 2. The first-order valence-corrected chi connectivity index (χ1v) is 6.73. The average Bonchev–Trinajstić information content (AvgIpc) is 2.88. The minimum absolute atomic E-state index is 0.321. The summed E-state index contributed by atoms with van der Waals surface area (Å²) in [5.41, 5.74) is 4.95. The second-order valence-corrected chi connectivity index (χ2v) is 5.09. The fourth-order valence-corrected chi connectivity index (χ4v) is 2.76. The van der Waals surface area contributed by atoms with Gasteiger partial charge in [0.1, 0.15) is 6.33 Å². The third kappa shape index (κ3) is 2.07. The maximum atomic E-state index is 11.5. The molecule has 0 fully saturated rings. The van der Waals surface area contributed by atoms with Crippen LogP contribution in [-0.2, 0) is 11.2 Å². The summed E-state index contributed by atoms with van der Waals surface area (Å²) in [5, 5.41) is 0. The first kappa shape index (κ1) is 12.8. The fraction of sp³-hybridized carbons (Fsp3) is 0.312. The third-order valence-electron chi connectivity index (χ3n) is 3.85. The zero-order chi connectivity index (χ0) is 14.1. The Kier molecular flexibility index (Phi) is 3.22. The number of fused-ring (bicyclic) bond motifs is 1. The van der Waals surface area contributed by atoms with Crippen LogP contribution < -0.4 is 0 Å². The Morgan fingerprint density at radius 3 is 2.70 bits per heavy atom. The van der Waals surface area contributed by atoms with Crippen LogP contribution in [0.3, 0.4) is 0 Å². The van der Waals surface area contributed by atoms with E-state index in [-0.39, 0.29) is 5.97 Å². The highest BCUT2D eigenvalue weighted by molar-refractivity contribution is 5.89. The van der Waals surface area contributed by atoms with Crippen LogP contribution >= 0.6 is 0 Å². The van der Waals surface area contributed by atoms with E-state index in [1.165, 1.54) is 12.7 Å². The standard InChI is InChI=1S/C16H16N2O2/c1-10-3-8-13-14(10)15(18-9-17-13)11-4-6-12(7-5-11)16(19)20-2/h4-7,9-10H,3,8H2,1-2H3. The average molecular weight is 268 g/mol. The number of hydrogen-bond acceptors (Lipinski definition) is 4. The van der Waals surface area contributed by atoms with E-state index in [2.05, 4.69) is 16.9 Å². The van der Waals surface area contributed by atoms with Gasteiger partial charge in [0.05, 0.1) is 18.4 Å². The Hall–Kier alpha value is -2.23. The van der Waals surface area contributed by atoms with Gasteiger partial charge in [-0.2, -0.15) is 0 Å². The van der Waals surface area contributed by atoms with Gasteiger partial charge in [0.2, 0.25) is 0 Å². The van der Waals surface area contributed by atoms with E-state index in [1.807, 2.05) is 12.1 Å². The highest BCUT2D eigenvalue weighted by Crippen LogP contribution is 2.37. The topological polar surface area (TPSA) is 52.1 Å². The molecule has 1 unspecified atom stereocenters. The number of ether oxygens (including phenoxy) is 1. The zero-order valence-corrected chi connectivity index (χ0v) is 11.6. The maximum absolute atomic E-state index is 11.5. The summed E-state index contributed by atoms with van der Waals surface area (Å²) in [6.45, 7) is 2.21. The normalized spacial score (nSPS) is 16.8. The van der Waals surface area contributed by atoms with Gasteiger partial charge in [0, 0.05) is 16.8 Å². The van der Waals surface area contributed by atoms with Crippen molar-refractivity contribution in [1.82, 2.24) is 9.97 Å². The SMILES string of the molecule is COC(=O)c1ccc(-c2ncnc3c2C(C)CC3)cc1. The van der Waals surface area contributed by atoms with Crippen LogP contribution in [0.1, 0.15) is 40.9 Å². The van der Waals surface area contributed by atoms with E-state index < -0.39 is 0 Å². The Morgan fingerprint density at radius 1 is 1.25 bits per heavy atom. The van der Waals surface area contributed by atoms with Gasteiger partial charge in [-0.25, -0.2) is 14.8 Å². The van der Waals surface area contributed by atoms with Crippen molar-refractivity contribution in [3.05, 3.63) is 47.4 Å². The zero-order valence-electron chi connectivity index (χ0n) is 11.6. The molecule has 1 aromatic carbocycles. The predicted octanol–water partition coefficient (Wildman–Crippen LogP) is 2.98. The predicted molar refractivity (Wildman–Crippen MR) is 75.5 cm³/mol. The third-order valence-corrected chi connectivity index (χ3v) is 3.85. The van der Waals surface area contributed by atoms with Crippen molar-refractivity contribution in [3.63, 3.8) is 0 Å². The van der Waals surface area contributed by atoms with E-state index >= 15 is 0 Å². The molecule has 0 saturated carbocycles. The Bertz CT molecular complexity index is 650. The molecule has 4 heteroatoms. The monoisotopic (exact) mass is 268 g/mol. The fourth-order valence-electron chi connectivity index (χ4n) is 2.76. The smallest absolute Gasteiger partial charge is 0.337 e. The molecule has 1 aromatic heterocycles. The molecule has 1 aliphatic rings. The highest BCUT2D eigenvalue weighted by atomic mass is 16.5. The number of hydrogen-bond donors (Lipinski definition) is 0. The van der Waals surface area contributed by atoms with Crippen molar-refractivity contribution >= 4 is 5.97 Å². The van der Waals surface area contributed by atoms with E-state index in [1.54, 1.807) is 18.5 Å². The molecule has 0 radical (unpaired) electrons. The molecule has 1 atom stereocenters. The highest BCUT2D eigenvalue weighted by Gasteiger charge is 2.24. The molecule has 1 heterocycles. The molecule has 1 aliphatic carbocycles. The first-order valence-electron chi connectivity index (χ1n) is 6.73. The van der Waals surface area contributed by atoms with Gasteiger partial charge in [0.15, 0.2) is 0 Å². The van der Waals surface area contributed by atoms with Gasteiger partial charge in [-0.3, -0.25) is 0 Å². The van der Waals surface area contributed by atoms with Crippen molar-refractivity contribution < 1.29 is 9.53 Å². The van der Waals surface area contributed by atoms with Crippen LogP contribution in [0.25, 0.3) is 11.3 Å². The van der Waals surface area contributed by atoms with Crippen LogP contribution in [0, 0.1) is 0 Å². The second-order valence-electron chi connectivity index (χ2n) is 5.09. The van der Waals surface area contributed by atoms with Crippen LogP contribution in [0.4, 0.5) is 0 Å².